The molecule has 5 atom stereocenters. The van der Waals surface area contributed by atoms with Crippen LogP contribution < -0.4 is 0 Å². The van der Waals surface area contributed by atoms with Crippen molar-refractivity contribution in [1.29, 1.82) is 0 Å². The molecule has 116 valence electrons. The molecule has 3 heteroatoms. The summed E-state index contributed by atoms with van der Waals surface area (Å²) in [6.45, 7) is 4.27. The van der Waals surface area contributed by atoms with E-state index >= 15 is 0 Å². The molecule has 0 spiro atoms. The monoisotopic (exact) mass is 298 g/mol. The molecule has 0 heterocycles. The molecule has 22 heavy (non-hydrogen) atoms. The van der Waals surface area contributed by atoms with E-state index in [1.54, 1.807) is 0 Å². The number of carbonyl (C=O) groups is 2. The van der Waals surface area contributed by atoms with Crippen molar-refractivity contribution in [2.45, 2.75) is 39.5 Å². The molecule has 0 aliphatic heterocycles. The third-order valence-electron chi connectivity index (χ3n) is 6.95. The van der Waals surface area contributed by atoms with Crippen LogP contribution in [-0.4, -0.2) is 16.7 Å². The first-order chi connectivity index (χ1) is 10.4. The lowest BCUT2D eigenvalue weighted by molar-refractivity contribution is -0.130. The highest BCUT2D eigenvalue weighted by Crippen LogP contribution is 2.62. The van der Waals surface area contributed by atoms with Gasteiger partial charge in [-0.2, -0.15) is 0 Å². The number of fused-ring (bicyclic) bond motifs is 5. The van der Waals surface area contributed by atoms with Crippen LogP contribution >= 0.6 is 0 Å². The Morgan fingerprint density at radius 1 is 1.14 bits per heavy atom. The van der Waals surface area contributed by atoms with Gasteiger partial charge in [0, 0.05) is 22.8 Å². The van der Waals surface area contributed by atoms with E-state index in [1.165, 1.54) is 6.08 Å². The van der Waals surface area contributed by atoms with E-state index in [0.717, 1.165) is 24.8 Å². The Labute approximate surface area is 130 Å². The Hall–Kier alpha value is -1.64. The molecular formula is C19H22O3. The SMILES string of the molecule is CC12C=CC(=O)C(O)=C1C=CC1C2CCC2(C)C(=O)CCC12. The number of ketones is 2. The lowest BCUT2D eigenvalue weighted by Crippen LogP contribution is -2.48. The largest absolute Gasteiger partial charge is 0.504 e. The zero-order chi connectivity index (χ0) is 15.7. The second-order valence-electron chi connectivity index (χ2n) is 7.81. The third kappa shape index (κ3) is 1.52. The van der Waals surface area contributed by atoms with E-state index in [1.807, 2.05) is 12.2 Å². The van der Waals surface area contributed by atoms with Gasteiger partial charge in [0.2, 0.25) is 5.78 Å². The first-order valence-corrected chi connectivity index (χ1v) is 8.27. The Morgan fingerprint density at radius 3 is 2.68 bits per heavy atom. The van der Waals surface area contributed by atoms with Gasteiger partial charge in [0.25, 0.3) is 0 Å². The molecule has 0 amide bonds. The van der Waals surface area contributed by atoms with Gasteiger partial charge >= 0.3 is 0 Å². The van der Waals surface area contributed by atoms with Crippen LogP contribution in [0.15, 0.2) is 35.6 Å². The maximum atomic E-state index is 12.3. The quantitative estimate of drug-likeness (QED) is 0.744. The molecule has 0 bridgehead atoms. The minimum atomic E-state index is -0.299. The molecule has 0 aromatic rings. The summed E-state index contributed by atoms with van der Waals surface area (Å²) in [5.74, 6) is 1.16. The van der Waals surface area contributed by atoms with Gasteiger partial charge in [0.1, 0.15) is 5.78 Å². The summed E-state index contributed by atoms with van der Waals surface area (Å²) in [5, 5.41) is 10.2. The molecule has 4 rings (SSSR count). The molecule has 2 saturated carbocycles. The van der Waals surface area contributed by atoms with Crippen molar-refractivity contribution in [2.75, 3.05) is 0 Å². The second kappa shape index (κ2) is 4.21. The van der Waals surface area contributed by atoms with Crippen LogP contribution in [0.5, 0.6) is 0 Å². The molecule has 0 radical (unpaired) electrons. The number of aliphatic hydroxyl groups is 1. The van der Waals surface area contributed by atoms with Crippen molar-refractivity contribution in [3.63, 3.8) is 0 Å². The Kier molecular flexibility index (Phi) is 2.68. The molecule has 3 nitrogen and oxygen atoms in total. The molecule has 4 aliphatic rings. The highest BCUT2D eigenvalue weighted by Gasteiger charge is 2.57. The number of allylic oxidation sites excluding steroid dienone is 5. The molecule has 0 aromatic heterocycles. The van der Waals surface area contributed by atoms with Crippen LogP contribution in [0, 0.1) is 28.6 Å². The Balaban J connectivity index is 1.82. The van der Waals surface area contributed by atoms with Crippen LogP contribution in [0.25, 0.3) is 0 Å². The Bertz CT molecular complexity index is 668. The van der Waals surface area contributed by atoms with Gasteiger partial charge in [-0.15, -0.1) is 0 Å². The van der Waals surface area contributed by atoms with Gasteiger partial charge in [0.15, 0.2) is 5.76 Å². The number of hydrogen-bond donors (Lipinski definition) is 1. The number of carbonyl (C=O) groups excluding carboxylic acids is 2. The van der Waals surface area contributed by atoms with Crippen LogP contribution in [0.4, 0.5) is 0 Å². The first-order valence-electron chi connectivity index (χ1n) is 8.27. The number of Topliss-reactive ketones (excluding diaryl/α,β-unsaturated/α-hetero) is 1. The normalized spacial score (nSPS) is 46.5. The molecule has 1 N–H and O–H groups in total. The summed E-state index contributed by atoms with van der Waals surface area (Å²) in [6.07, 6.45) is 11.2. The van der Waals surface area contributed by atoms with Gasteiger partial charge in [-0.3, -0.25) is 9.59 Å². The smallest absolute Gasteiger partial charge is 0.220 e. The highest BCUT2D eigenvalue weighted by atomic mass is 16.3. The highest BCUT2D eigenvalue weighted by molar-refractivity contribution is 6.04. The van der Waals surface area contributed by atoms with Crippen molar-refractivity contribution < 1.29 is 14.7 Å². The van der Waals surface area contributed by atoms with Gasteiger partial charge in [-0.05, 0) is 43.1 Å². The van der Waals surface area contributed by atoms with Gasteiger partial charge < -0.3 is 5.11 Å². The average Bonchev–Trinajstić information content (AvgIpc) is 2.79. The lowest BCUT2D eigenvalue weighted by Gasteiger charge is -2.53. The van der Waals surface area contributed by atoms with Gasteiger partial charge in [0.05, 0.1) is 0 Å². The fourth-order valence-electron chi connectivity index (χ4n) is 5.53. The van der Waals surface area contributed by atoms with Crippen molar-refractivity contribution in [2.24, 2.45) is 28.6 Å². The summed E-state index contributed by atoms with van der Waals surface area (Å²) in [7, 11) is 0. The zero-order valence-corrected chi connectivity index (χ0v) is 13.1. The fourth-order valence-corrected chi connectivity index (χ4v) is 5.53. The summed E-state index contributed by atoms with van der Waals surface area (Å²) in [6, 6.07) is 0. The lowest BCUT2D eigenvalue weighted by atomic mass is 9.50. The summed E-state index contributed by atoms with van der Waals surface area (Å²) in [5.41, 5.74) is 0.304. The molecule has 0 aromatic carbocycles. The number of aliphatic hydroxyl groups excluding tert-OH is 1. The van der Waals surface area contributed by atoms with Crippen LogP contribution in [-0.2, 0) is 9.59 Å². The van der Waals surface area contributed by atoms with Crippen molar-refractivity contribution >= 4 is 11.6 Å². The van der Waals surface area contributed by atoms with E-state index < -0.39 is 0 Å². The van der Waals surface area contributed by atoms with Gasteiger partial charge in [-0.25, -0.2) is 0 Å². The van der Waals surface area contributed by atoms with Crippen LogP contribution in [0.1, 0.15) is 39.5 Å². The van der Waals surface area contributed by atoms with E-state index in [-0.39, 0.29) is 22.4 Å². The number of hydrogen-bond acceptors (Lipinski definition) is 3. The third-order valence-corrected chi connectivity index (χ3v) is 6.95. The minimum Gasteiger partial charge on any atom is -0.504 e. The van der Waals surface area contributed by atoms with Gasteiger partial charge in [-0.1, -0.05) is 32.1 Å². The predicted molar refractivity (Wildman–Crippen MR) is 83.1 cm³/mol. The first kappa shape index (κ1) is 14.0. The van der Waals surface area contributed by atoms with Crippen LogP contribution in [0.3, 0.4) is 0 Å². The summed E-state index contributed by atoms with van der Waals surface area (Å²) < 4.78 is 0. The predicted octanol–water partition coefficient (Wildman–Crippen LogP) is 3.53. The summed E-state index contributed by atoms with van der Waals surface area (Å²) in [4.78, 5) is 24.1. The standard InChI is InChI=1S/C19H22O3/c1-18-10-8-15(20)17(22)14(18)4-3-11-12-5-6-16(21)19(12,2)9-7-13(11)18/h3-4,8,10-13,22H,5-7,9H2,1-2H3. The van der Waals surface area contributed by atoms with Crippen molar-refractivity contribution in [3.05, 3.63) is 35.6 Å². The Morgan fingerprint density at radius 2 is 1.91 bits per heavy atom. The fraction of sp³-hybridized carbons (Fsp3) is 0.579. The topological polar surface area (TPSA) is 54.4 Å². The molecule has 2 fully saturated rings. The molecular weight excluding hydrogens is 276 g/mol. The average molecular weight is 298 g/mol. The summed E-state index contributed by atoms with van der Waals surface area (Å²) >= 11 is 0. The molecule has 0 saturated heterocycles. The van der Waals surface area contributed by atoms with Crippen LogP contribution in [0.2, 0.25) is 0 Å². The van der Waals surface area contributed by atoms with E-state index in [4.69, 9.17) is 0 Å². The minimum absolute atomic E-state index is 0.101. The van der Waals surface area contributed by atoms with E-state index in [9.17, 15) is 14.7 Å². The van der Waals surface area contributed by atoms with E-state index in [2.05, 4.69) is 19.9 Å². The van der Waals surface area contributed by atoms with Crippen molar-refractivity contribution in [3.8, 4) is 0 Å². The maximum Gasteiger partial charge on any atom is 0.220 e. The molecule has 4 aliphatic carbocycles. The van der Waals surface area contributed by atoms with E-state index in [0.29, 0.717) is 30.0 Å². The number of rotatable bonds is 0. The second-order valence-corrected chi connectivity index (χ2v) is 7.81. The van der Waals surface area contributed by atoms with Crippen molar-refractivity contribution in [1.82, 2.24) is 0 Å². The maximum absolute atomic E-state index is 12.3. The zero-order valence-electron chi connectivity index (χ0n) is 13.1. The molecule has 5 unspecified atom stereocenters.